The molecule has 0 unspecified atom stereocenters. The molecule has 2 aromatic rings. The van der Waals surface area contributed by atoms with E-state index in [0.29, 0.717) is 16.1 Å². The van der Waals surface area contributed by atoms with Gasteiger partial charge >= 0.3 is 0 Å². The summed E-state index contributed by atoms with van der Waals surface area (Å²) in [5.41, 5.74) is 0.615. The Labute approximate surface area is 153 Å². The fourth-order valence-electron chi connectivity index (χ4n) is 3.06. The highest BCUT2D eigenvalue weighted by molar-refractivity contribution is 7.99. The molecule has 0 aliphatic rings. The average Bonchev–Trinajstić information content (AvgIpc) is 2.51. The van der Waals surface area contributed by atoms with Gasteiger partial charge in [0.1, 0.15) is 0 Å². The number of hydrogen-bond donors (Lipinski definition) is 0. The van der Waals surface area contributed by atoms with Crippen molar-refractivity contribution in [3.8, 4) is 0 Å². The van der Waals surface area contributed by atoms with Crippen molar-refractivity contribution in [3.05, 3.63) is 34.6 Å². The Hall–Kier alpha value is -1.82. The van der Waals surface area contributed by atoms with E-state index in [9.17, 15) is 9.59 Å². The molecule has 0 radical (unpaired) electrons. The van der Waals surface area contributed by atoms with Gasteiger partial charge in [0.05, 0.1) is 16.7 Å². The van der Waals surface area contributed by atoms with E-state index in [2.05, 4.69) is 4.98 Å². The lowest BCUT2D eigenvalue weighted by atomic mass is 10.2. The van der Waals surface area contributed by atoms with Gasteiger partial charge in [0.15, 0.2) is 5.16 Å². The number of para-hydroxylation sites is 1. The van der Waals surface area contributed by atoms with Crippen LogP contribution < -0.4 is 5.56 Å². The molecule has 6 heteroatoms. The maximum atomic E-state index is 12.8. The second kappa shape index (κ2) is 8.04. The minimum absolute atomic E-state index is 0.0199. The molecule has 0 fully saturated rings. The van der Waals surface area contributed by atoms with Gasteiger partial charge < -0.3 is 4.90 Å². The Morgan fingerprint density at radius 1 is 1.12 bits per heavy atom. The SMILES string of the molecule is CC(C)N(C(=O)CSc1nc2ccccc2c(=O)n1C(C)C)C(C)C. The third kappa shape index (κ3) is 4.24. The first-order valence-corrected chi connectivity index (χ1v) is 9.67. The van der Waals surface area contributed by atoms with Crippen molar-refractivity contribution < 1.29 is 4.79 Å². The minimum atomic E-state index is -0.0554. The molecule has 1 aromatic heterocycles. The van der Waals surface area contributed by atoms with Gasteiger partial charge in [0.2, 0.25) is 5.91 Å². The predicted octanol–water partition coefficient (Wildman–Crippen LogP) is 3.71. The van der Waals surface area contributed by atoms with E-state index in [-0.39, 0.29) is 35.3 Å². The Kier molecular flexibility index (Phi) is 6.27. The summed E-state index contributed by atoms with van der Waals surface area (Å²) in [7, 11) is 0. The molecule has 0 atom stereocenters. The van der Waals surface area contributed by atoms with E-state index < -0.39 is 0 Å². The zero-order valence-electron chi connectivity index (χ0n) is 15.8. The molecule has 0 bridgehead atoms. The predicted molar refractivity (Wildman–Crippen MR) is 104 cm³/mol. The molecule has 1 amide bonds. The van der Waals surface area contributed by atoms with Crippen LogP contribution in [0.15, 0.2) is 34.2 Å². The fourth-order valence-corrected chi connectivity index (χ4v) is 4.05. The van der Waals surface area contributed by atoms with Crippen molar-refractivity contribution in [2.45, 2.75) is 64.8 Å². The van der Waals surface area contributed by atoms with Crippen molar-refractivity contribution in [2.75, 3.05) is 5.75 Å². The van der Waals surface area contributed by atoms with Gasteiger partial charge in [-0.3, -0.25) is 14.2 Å². The molecule has 5 nitrogen and oxygen atoms in total. The summed E-state index contributed by atoms with van der Waals surface area (Å²) in [6.45, 7) is 12.0. The highest BCUT2D eigenvalue weighted by Crippen LogP contribution is 2.22. The molecule has 1 aromatic carbocycles. The molecular weight excluding hydrogens is 334 g/mol. The number of rotatable bonds is 6. The highest BCUT2D eigenvalue weighted by atomic mass is 32.2. The monoisotopic (exact) mass is 361 g/mol. The lowest BCUT2D eigenvalue weighted by molar-refractivity contribution is -0.131. The zero-order chi connectivity index (χ0) is 18.7. The van der Waals surface area contributed by atoms with Gasteiger partial charge in [-0.15, -0.1) is 0 Å². The number of aromatic nitrogens is 2. The quantitative estimate of drug-likeness (QED) is 0.581. The summed E-state index contributed by atoms with van der Waals surface area (Å²) in [5, 5.41) is 1.21. The van der Waals surface area contributed by atoms with Crippen molar-refractivity contribution in [1.29, 1.82) is 0 Å². The highest BCUT2D eigenvalue weighted by Gasteiger charge is 2.21. The topological polar surface area (TPSA) is 55.2 Å². The van der Waals surface area contributed by atoms with Crippen molar-refractivity contribution >= 4 is 28.6 Å². The van der Waals surface area contributed by atoms with E-state index in [4.69, 9.17) is 0 Å². The first kappa shape index (κ1) is 19.5. The third-order valence-electron chi connectivity index (χ3n) is 4.02. The number of carbonyl (C=O) groups excluding carboxylic acids is 1. The second-order valence-electron chi connectivity index (χ2n) is 6.96. The lowest BCUT2D eigenvalue weighted by Gasteiger charge is -2.30. The number of carbonyl (C=O) groups is 1. The van der Waals surface area contributed by atoms with Crippen LogP contribution in [0.4, 0.5) is 0 Å². The van der Waals surface area contributed by atoms with Crippen LogP contribution >= 0.6 is 11.8 Å². The fraction of sp³-hybridized carbons (Fsp3) is 0.526. The summed E-state index contributed by atoms with van der Waals surface area (Å²) in [6, 6.07) is 7.61. The van der Waals surface area contributed by atoms with Gasteiger partial charge in [-0.25, -0.2) is 4.98 Å². The second-order valence-corrected chi connectivity index (χ2v) is 7.90. The van der Waals surface area contributed by atoms with E-state index in [1.807, 2.05) is 64.6 Å². The average molecular weight is 362 g/mol. The van der Waals surface area contributed by atoms with E-state index in [1.165, 1.54) is 11.8 Å². The minimum Gasteiger partial charge on any atom is -0.337 e. The summed E-state index contributed by atoms with van der Waals surface area (Å²) < 4.78 is 1.68. The van der Waals surface area contributed by atoms with Crippen LogP contribution in [0.25, 0.3) is 10.9 Å². The molecule has 0 saturated heterocycles. The number of fused-ring (bicyclic) bond motifs is 1. The first-order valence-electron chi connectivity index (χ1n) is 8.69. The Morgan fingerprint density at radius 3 is 2.28 bits per heavy atom. The van der Waals surface area contributed by atoms with Gasteiger partial charge in [-0.1, -0.05) is 23.9 Å². The van der Waals surface area contributed by atoms with E-state index in [0.717, 1.165) is 0 Å². The Morgan fingerprint density at radius 2 is 1.72 bits per heavy atom. The van der Waals surface area contributed by atoms with E-state index >= 15 is 0 Å². The van der Waals surface area contributed by atoms with Gasteiger partial charge in [0.25, 0.3) is 5.56 Å². The maximum Gasteiger partial charge on any atom is 0.262 e. The van der Waals surface area contributed by atoms with Crippen LogP contribution in [-0.2, 0) is 4.79 Å². The Bertz CT molecular complexity index is 804. The molecule has 0 aliphatic heterocycles. The van der Waals surface area contributed by atoms with E-state index in [1.54, 1.807) is 10.6 Å². The van der Waals surface area contributed by atoms with Crippen LogP contribution in [0.1, 0.15) is 47.6 Å². The molecule has 1 heterocycles. The number of thioether (sulfide) groups is 1. The summed E-state index contributed by atoms with van der Waals surface area (Å²) in [4.78, 5) is 31.9. The largest absolute Gasteiger partial charge is 0.337 e. The number of amides is 1. The summed E-state index contributed by atoms with van der Waals surface area (Å²) >= 11 is 1.34. The molecule has 2 rings (SSSR count). The molecule has 0 N–H and O–H groups in total. The molecule has 0 spiro atoms. The zero-order valence-corrected chi connectivity index (χ0v) is 16.6. The van der Waals surface area contributed by atoms with Gasteiger partial charge in [0, 0.05) is 18.1 Å². The van der Waals surface area contributed by atoms with Gasteiger partial charge in [-0.2, -0.15) is 0 Å². The number of benzene rings is 1. The standard InChI is InChI=1S/C19H27N3O2S/c1-12(2)21(13(3)4)17(23)11-25-19-20-16-10-8-7-9-15(16)18(24)22(19)14(5)6/h7-10,12-14H,11H2,1-6H3. The molecule has 0 aliphatic carbocycles. The number of nitrogens with zero attached hydrogens (tertiary/aromatic N) is 3. The summed E-state index contributed by atoms with van der Waals surface area (Å²) in [6.07, 6.45) is 0. The smallest absolute Gasteiger partial charge is 0.262 e. The van der Waals surface area contributed by atoms with Crippen LogP contribution in [0.5, 0.6) is 0 Å². The third-order valence-corrected chi connectivity index (χ3v) is 4.95. The maximum absolute atomic E-state index is 12.8. The van der Waals surface area contributed by atoms with Crippen molar-refractivity contribution in [1.82, 2.24) is 14.5 Å². The molecule has 136 valence electrons. The first-order chi connectivity index (χ1) is 11.7. The number of hydrogen-bond acceptors (Lipinski definition) is 4. The van der Waals surface area contributed by atoms with Crippen molar-refractivity contribution in [3.63, 3.8) is 0 Å². The van der Waals surface area contributed by atoms with Crippen LogP contribution in [0.2, 0.25) is 0 Å². The van der Waals surface area contributed by atoms with Gasteiger partial charge in [-0.05, 0) is 53.7 Å². The van der Waals surface area contributed by atoms with Crippen LogP contribution in [-0.4, -0.2) is 38.2 Å². The molecular formula is C19H27N3O2S. The Balaban J connectivity index is 2.36. The van der Waals surface area contributed by atoms with Crippen molar-refractivity contribution in [2.24, 2.45) is 0 Å². The van der Waals surface area contributed by atoms with Crippen LogP contribution in [0, 0.1) is 0 Å². The van der Waals surface area contributed by atoms with Crippen LogP contribution in [0.3, 0.4) is 0 Å². The summed E-state index contributed by atoms with van der Waals surface area (Å²) in [5.74, 6) is 0.334. The molecule has 25 heavy (non-hydrogen) atoms. The normalized spacial score (nSPS) is 11.7. The molecule has 0 saturated carbocycles. The lowest BCUT2D eigenvalue weighted by Crippen LogP contribution is -2.43.